The summed E-state index contributed by atoms with van der Waals surface area (Å²) in [4.78, 5) is 8.25. The van der Waals surface area contributed by atoms with Crippen molar-refractivity contribution in [2.75, 3.05) is 14.7 Å². The van der Waals surface area contributed by atoms with E-state index >= 15 is 0 Å². The van der Waals surface area contributed by atoms with E-state index in [0.717, 1.165) is 6.42 Å². The number of hydrogen-bond acceptors (Lipinski definition) is 3. The molecule has 1 saturated carbocycles. The Balaban J connectivity index is 1.11. The van der Waals surface area contributed by atoms with Crippen LogP contribution >= 0.6 is 0 Å². The Morgan fingerprint density at radius 1 is 0.453 bits per heavy atom. The predicted molar refractivity (Wildman–Crippen MR) is 321 cm³/mol. The van der Waals surface area contributed by atoms with Crippen LogP contribution in [0.15, 0.2) is 152 Å². The van der Waals surface area contributed by atoms with Crippen molar-refractivity contribution in [3.63, 3.8) is 0 Å². The lowest BCUT2D eigenvalue weighted by atomic mass is 9.32. The summed E-state index contributed by atoms with van der Waals surface area (Å²) in [5, 5.41) is 0. The van der Waals surface area contributed by atoms with Crippen molar-refractivity contribution in [2.24, 2.45) is 0 Å². The second-order valence-corrected chi connectivity index (χ2v) is 27.1. The maximum Gasteiger partial charge on any atom is 0.252 e. The quantitative estimate of drug-likeness (QED) is 0.163. The fraction of sp³-hybridized carbons (Fsp3) is 0.324. The number of fused-ring (bicyclic) bond motifs is 13. The van der Waals surface area contributed by atoms with Crippen molar-refractivity contribution in [3.05, 3.63) is 196 Å². The second-order valence-electron chi connectivity index (χ2n) is 27.1. The molecule has 0 spiro atoms. The molecule has 0 N–H and O–H groups in total. The molecule has 75 heavy (non-hydrogen) atoms. The normalized spacial score (nSPS) is 21.5. The molecule has 0 amide bonds. The van der Waals surface area contributed by atoms with E-state index in [1.54, 1.807) is 0 Å². The Hall–Kier alpha value is -6.78. The lowest BCUT2D eigenvalue weighted by Crippen LogP contribution is -2.62. The lowest BCUT2D eigenvalue weighted by Gasteiger charge is -2.52. The van der Waals surface area contributed by atoms with Gasteiger partial charge in [-0.25, -0.2) is 0 Å². The molecule has 6 aliphatic rings. The van der Waals surface area contributed by atoms with Crippen molar-refractivity contribution in [2.45, 2.75) is 148 Å². The van der Waals surface area contributed by atoms with Gasteiger partial charge < -0.3 is 14.7 Å². The molecule has 2 aliphatic carbocycles. The van der Waals surface area contributed by atoms with Crippen molar-refractivity contribution in [1.82, 2.24) is 0 Å². The van der Waals surface area contributed by atoms with Crippen LogP contribution < -0.4 is 31.1 Å². The van der Waals surface area contributed by atoms with E-state index < -0.39 is 0 Å². The van der Waals surface area contributed by atoms with Crippen molar-refractivity contribution in [3.8, 4) is 22.3 Å². The first-order valence-corrected chi connectivity index (χ1v) is 28.1. The van der Waals surface area contributed by atoms with Crippen molar-refractivity contribution >= 4 is 68.6 Å². The summed E-state index contributed by atoms with van der Waals surface area (Å²) < 4.78 is 0. The minimum absolute atomic E-state index is 0.00509. The minimum Gasteiger partial charge on any atom is -0.334 e. The summed E-state index contributed by atoms with van der Waals surface area (Å²) in [6.07, 6.45) is 4.83. The Labute approximate surface area is 447 Å². The van der Waals surface area contributed by atoms with Crippen LogP contribution in [0.25, 0.3) is 22.3 Å². The van der Waals surface area contributed by atoms with E-state index in [0.29, 0.717) is 0 Å². The second kappa shape index (κ2) is 15.2. The van der Waals surface area contributed by atoms with Crippen LogP contribution in [-0.2, 0) is 27.1 Å². The molecule has 0 bridgehead atoms. The zero-order valence-electron chi connectivity index (χ0n) is 46.7. The monoisotopic (exact) mass is 978 g/mol. The summed E-state index contributed by atoms with van der Waals surface area (Å²) in [6, 6.07) is 60.3. The molecule has 3 atom stereocenters. The zero-order chi connectivity index (χ0) is 52.1. The van der Waals surface area contributed by atoms with Crippen LogP contribution in [0.1, 0.15) is 153 Å². The maximum absolute atomic E-state index is 2.81. The first-order chi connectivity index (χ1) is 35.6. The molecule has 0 saturated heterocycles. The Morgan fingerprint density at radius 3 is 1.80 bits per heavy atom. The SMILES string of the molecule is Cc1cc2c3c4c1C1(C)c5ccccc5-c5cccc(c51)N4c1cc(C(C)(C)C)ccc1B3c1ccc(N3c4ccc(C(C)(C)C)cc4C4(C)CCCCC34C)cc1N2c1ccc(C(C)(C)C)cc1-c1ccccc1. The molecule has 0 aromatic heterocycles. The van der Waals surface area contributed by atoms with Gasteiger partial charge in [-0.1, -0.05) is 185 Å². The van der Waals surface area contributed by atoms with E-state index in [2.05, 4.69) is 256 Å². The lowest BCUT2D eigenvalue weighted by molar-refractivity contribution is 0.195. The highest BCUT2D eigenvalue weighted by Gasteiger charge is 2.59. The molecule has 374 valence electrons. The van der Waals surface area contributed by atoms with Gasteiger partial charge in [0.2, 0.25) is 0 Å². The highest BCUT2D eigenvalue weighted by Crippen LogP contribution is 2.65. The van der Waals surface area contributed by atoms with Crippen LogP contribution in [-0.4, -0.2) is 12.3 Å². The van der Waals surface area contributed by atoms with Gasteiger partial charge >= 0.3 is 0 Å². The molecule has 4 heteroatoms. The Morgan fingerprint density at radius 2 is 1.07 bits per heavy atom. The number of benzene rings is 8. The number of rotatable bonds is 3. The first-order valence-electron chi connectivity index (χ1n) is 28.1. The van der Waals surface area contributed by atoms with Crippen LogP contribution in [0, 0.1) is 6.92 Å². The first kappa shape index (κ1) is 46.7. The third kappa shape index (κ3) is 6.12. The highest BCUT2D eigenvalue weighted by atomic mass is 15.3. The van der Waals surface area contributed by atoms with Crippen molar-refractivity contribution < 1.29 is 0 Å². The van der Waals surface area contributed by atoms with Gasteiger partial charge in [0.1, 0.15) is 0 Å². The van der Waals surface area contributed by atoms with E-state index in [1.807, 2.05) is 0 Å². The van der Waals surface area contributed by atoms with Gasteiger partial charge in [0.15, 0.2) is 0 Å². The molecule has 4 aliphatic heterocycles. The van der Waals surface area contributed by atoms with E-state index in [-0.39, 0.29) is 39.3 Å². The fourth-order valence-electron chi connectivity index (χ4n) is 15.6. The molecule has 3 unspecified atom stereocenters. The third-order valence-electron chi connectivity index (χ3n) is 19.7. The van der Waals surface area contributed by atoms with Crippen molar-refractivity contribution in [1.29, 1.82) is 0 Å². The van der Waals surface area contributed by atoms with Gasteiger partial charge in [-0.3, -0.25) is 0 Å². The molecule has 0 radical (unpaired) electrons. The maximum atomic E-state index is 2.81. The van der Waals surface area contributed by atoms with Gasteiger partial charge in [-0.2, -0.15) is 0 Å². The van der Waals surface area contributed by atoms with Gasteiger partial charge in [0, 0.05) is 50.5 Å². The van der Waals surface area contributed by atoms with E-state index in [1.165, 1.54) is 148 Å². The average molecular weight is 978 g/mol. The average Bonchev–Trinajstić information content (AvgIpc) is 3.86. The van der Waals surface area contributed by atoms with E-state index in [9.17, 15) is 0 Å². The third-order valence-corrected chi connectivity index (χ3v) is 19.7. The molecular formula is C71H72BN3. The molecule has 1 fully saturated rings. The summed E-state index contributed by atoms with van der Waals surface area (Å²) in [7, 11) is 0. The smallest absolute Gasteiger partial charge is 0.252 e. The van der Waals surface area contributed by atoms with E-state index in [4.69, 9.17) is 0 Å². The van der Waals surface area contributed by atoms with Gasteiger partial charge in [0.25, 0.3) is 6.71 Å². The molecule has 4 heterocycles. The standard InChI is InChI=1S/C71H72BN3/c1-43-38-61-64-65-62(43)71(13)52-26-18-17-24-49(52)50-25-21-27-58(63(50)71)74(65)59-41-47(68(8,9)10)28-32-54(59)72(64)55-33-31-48(75-57-35-30-46(67(5,6)7)40-53(57)69(11)36-19-20-37-70(69,75)12)42-60(55)73(61)56-34-29-45(66(2,3)4)39-51(56)44-22-15-14-16-23-44/h14-18,21-35,38-42H,19-20,36-37H2,1-13H3. The summed E-state index contributed by atoms with van der Waals surface area (Å²) in [5.74, 6) is 0. The van der Waals surface area contributed by atoms with Gasteiger partial charge in [0.05, 0.1) is 16.9 Å². The molecule has 8 aromatic rings. The molecule has 8 aromatic carbocycles. The predicted octanol–water partition coefficient (Wildman–Crippen LogP) is 17.0. The molecule has 3 nitrogen and oxygen atoms in total. The molecule has 14 rings (SSSR count). The van der Waals surface area contributed by atoms with Gasteiger partial charge in [-0.05, 0) is 176 Å². The molecular weight excluding hydrogens is 906 g/mol. The fourth-order valence-corrected chi connectivity index (χ4v) is 15.6. The number of aryl methyl sites for hydroxylation is 1. The number of anilines is 8. The summed E-state index contributed by atoms with van der Waals surface area (Å²) in [6.45, 7) is 31.4. The zero-order valence-corrected chi connectivity index (χ0v) is 46.7. The number of hydrogen-bond donors (Lipinski definition) is 0. The Bertz CT molecular complexity index is 3770. The van der Waals surface area contributed by atoms with Crippen LogP contribution in [0.2, 0.25) is 0 Å². The topological polar surface area (TPSA) is 9.72 Å². The summed E-state index contributed by atoms with van der Waals surface area (Å²) in [5.41, 5.74) is 30.4. The van der Waals surface area contributed by atoms with Crippen LogP contribution in [0.3, 0.4) is 0 Å². The summed E-state index contributed by atoms with van der Waals surface area (Å²) >= 11 is 0. The largest absolute Gasteiger partial charge is 0.334 e. The van der Waals surface area contributed by atoms with Crippen LogP contribution in [0.5, 0.6) is 0 Å². The Kier molecular flexibility index (Phi) is 9.48. The van der Waals surface area contributed by atoms with Gasteiger partial charge in [-0.15, -0.1) is 0 Å². The highest BCUT2D eigenvalue weighted by molar-refractivity contribution is 7.00. The number of nitrogens with zero attached hydrogens (tertiary/aromatic N) is 3. The minimum atomic E-state index is -0.353. The van der Waals surface area contributed by atoms with Crippen LogP contribution in [0.4, 0.5) is 45.5 Å².